The fraction of sp³-hybridized carbons (Fsp3) is 0.545. The summed E-state index contributed by atoms with van der Waals surface area (Å²) in [6.45, 7) is 1.80. The number of nitrogens with one attached hydrogen (secondary N) is 1. The number of likely N-dealkylation sites (N-methyl/N-ethyl adjacent to an activating group) is 1. The van der Waals surface area contributed by atoms with Crippen LogP contribution in [0.25, 0.3) is 0 Å². The van der Waals surface area contributed by atoms with Crippen LogP contribution in [0.2, 0.25) is 10.2 Å². The fourth-order valence-corrected chi connectivity index (χ4v) is 2.55. The summed E-state index contributed by atoms with van der Waals surface area (Å²) in [7, 11) is 0.219. The molecular weight excluding hydrogens is 325 g/mol. The molecule has 114 valence electrons. The summed E-state index contributed by atoms with van der Waals surface area (Å²) < 4.78 is 31.5. The molecule has 1 N–H and O–H groups in total. The molecule has 1 aromatic rings. The second-order valence-corrected chi connectivity index (χ2v) is 6.79. The number of sulfonamides is 1. The zero-order chi connectivity index (χ0) is 15.2. The largest absolute Gasteiger partial charge is 0.379 e. The maximum atomic E-state index is 11.9. The molecule has 6 nitrogen and oxygen atoms in total. The third-order valence-electron chi connectivity index (χ3n) is 2.30. The van der Waals surface area contributed by atoms with E-state index in [1.807, 2.05) is 19.0 Å². The van der Waals surface area contributed by atoms with Gasteiger partial charge in [-0.15, -0.1) is 0 Å². The highest BCUT2D eigenvalue weighted by Crippen LogP contribution is 2.21. The molecule has 1 heterocycles. The molecule has 0 saturated heterocycles. The van der Waals surface area contributed by atoms with E-state index in [-0.39, 0.29) is 21.6 Å². The van der Waals surface area contributed by atoms with Gasteiger partial charge in [-0.2, -0.15) is 0 Å². The quantitative estimate of drug-likeness (QED) is 0.569. The topological polar surface area (TPSA) is 71.5 Å². The lowest BCUT2D eigenvalue weighted by Crippen LogP contribution is -2.28. The van der Waals surface area contributed by atoms with Crippen LogP contribution < -0.4 is 4.72 Å². The van der Waals surface area contributed by atoms with Gasteiger partial charge in [0.2, 0.25) is 10.0 Å². The van der Waals surface area contributed by atoms with Gasteiger partial charge in [-0.25, -0.2) is 18.1 Å². The fourth-order valence-electron chi connectivity index (χ4n) is 1.23. The van der Waals surface area contributed by atoms with Crippen LogP contribution in [0.4, 0.5) is 0 Å². The maximum Gasteiger partial charge on any atom is 0.242 e. The van der Waals surface area contributed by atoms with E-state index in [4.69, 9.17) is 27.9 Å². The first-order chi connectivity index (χ1) is 9.33. The van der Waals surface area contributed by atoms with Gasteiger partial charge in [0.05, 0.1) is 18.2 Å². The minimum Gasteiger partial charge on any atom is -0.379 e. The van der Waals surface area contributed by atoms with Gasteiger partial charge in [0.15, 0.2) is 0 Å². The second-order valence-electron chi connectivity index (χ2n) is 4.26. The van der Waals surface area contributed by atoms with E-state index in [1.165, 1.54) is 6.07 Å². The SMILES string of the molecule is CN(C)CCOCCNS(=O)(=O)c1cnc(Cl)c(Cl)c1. The number of halogens is 2. The van der Waals surface area contributed by atoms with E-state index < -0.39 is 10.0 Å². The Morgan fingerprint density at radius 2 is 2.05 bits per heavy atom. The van der Waals surface area contributed by atoms with Crippen molar-refractivity contribution in [1.29, 1.82) is 0 Å². The summed E-state index contributed by atoms with van der Waals surface area (Å²) in [5.41, 5.74) is 0. The number of hydrogen-bond acceptors (Lipinski definition) is 5. The van der Waals surface area contributed by atoms with Crippen molar-refractivity contribution in [1.82, 2.24) is 14.6 Å². The highest BCUT2D eigenvalue weighted by molar-refractivity contribution is 7.89. The number of ether oxygens (including phenoxy) is 1. The number of pyridine rings is 1. The van der Waals surface area contributed by atoms with E-state index in [1.54, 1.807) is 0 Å². The Hall–Kier alpha value is -0.440. The Morgan fingerprint density at radius 3 is 2.65 bits per heavy atom. The highest BCUT2D eigenvalue weighted by Gasteiger charge is 2.15. The predicted molar refractivity (Wildman–Crippen MR) is 78.8 cm³/mol. The molecule has 0 aliphatic heterocycles. The van der Waals surface area contributed by atoms with E-state index in [2.05, 4.69) is 9.71 Å². The molecule has 0 amide bonds. The van der Waals surface area contributed by atoms with Crippen LogP contribution in [-0.4, -0.2) is 58.7 Å². The summed E-state index contributed by atoms with van der Waals surface area (Å²) in [5.74, 6) is 0. The molecule has 0 aliphatic rings. The van der Waals surface area contributed by atoms with Gasteiger partial charge in [0.25, 0.3) is 0 Å². The Morgan fingerprint density at radius 1 is 1.35 bits per heavy atom. The first-order valence-corrected chi connectivity index (χ1v) is 8.10. The minimum absolute atomic E-state index is 0.0276. The van der Waals surface area contributed by atoms with Gasteiger partial charge in [0, 0.05) is 19.3 Å². The van der Waals surface area contributed by atoms with E-state index >= 15 is 0 Å². The molecular formula is C11H17Cl2N3O3S. The first kappa shape index (κ1) is 17.6. The molecule has 20 heavy (non-hydrogen) atoms. The number of aromatic nitrogens is 1. The van der Waals surface area contributed by atoms with Crippen molar-refractivity contribution in [3.63, 3.8) is 0 Å². The molecule has 0 aromatic carbocycles. The van der Waals surface area contributed by atoms with Crippen LogP contribution in [0, 0.1) is 0 Å². The van der Waals surface area contributed by atoms with Crippen LogP contribution in [0.15, 0.2) is 17.2 Å². The maximum absolute atomic E-state index is 11.9. The molecule has 9 heteroatoms. The van der Waals surface area contributed by atoms with Crippen LogP contribution in [-0.2, 0) is 14.8 Å². The van der Waals surface area contributed by atoms with Gasteiger partial charge in [-0.05, 0) is 20.2 Å². The van der Waals surface area contributed by atoms with Crippen molar-refractivity contribution < 1.29 is 13.2 Å². The average Bonchev–Trinajstić information content (AvgIpc) is 2.36. The Labute approximate surface area is 129 Å². The molecule has 0 fully saturated rings. The molecule has 1 rings (SSSR count). The van der Waals surface area contributed by atoms with Gasteiger partial charge < -0.3 is 9.64 Å². The third-order valence-corrected chi connectivity index (χ3v) is 4.42. The summed E-state index contributed by atoms with van der Waals surface area (Å²) in [6.07, 6.45) is 1.16. The Bertz CT molecular complexity index is 538. The molecule has 0 saturated carbocycles. The molecule has 0 bridgehead atoms. The average molecular weight is 342 g/mol. The van der Waals surface area contributed by atoms with Crippen molar-refractivity contribution >= 4 is 33.2 Å². The van der Waals surface area contributed by atoms with Crippen molar-refractivity contribution in [2.24, 2.45) is 0 Å². The van der Waals surface area contributed by atoms with Crippen molar-refractivity contribution in [3.05, 3.63) is 22.4 Å². The predicted octanol–water partition coefficient (Wildman–Crippen LogP) is 1.24. The molecule has 0 spiro atoms. The zero-order valence-electron chi connectivity index (χ0n) is 11.3. The van der Waals surface area contributed by atoms with Crippen LogP contribution in [0.5, 0.6) is 0 Å². The number of hydrogen-bond donors (Lipinski definition) is 1. The molecule has 0 unspecified atom stereocenters. The summed E-state index contributed by atoms with van der Waals surface area (Å²) in [5, 5.41) is 0.161. The monoisotopic (exact) mass is 341 g/mol. The highest BCUT2D eigenvalue weighted by atomic mass is 35.5. The number of nitrogens with zero attached hydrogens (tertiary/aromatic N) is 2. The van der Waals surface area contributed by atoms with Crippen LogP contribution in [0.3, 0.4) is 0 Å². The van der Waals surface area contributed by atoms with Crippen molar-refractivity contribution in [2.45, 2.75) is 4.90 Å². The normalized spacial score (nSPS) is 12.1. The zero-order valence-corrected chi connectivity index (χ0v) is 13.6. The Kier molecular flexibility index (Phi) is 7.14. The second kappa shape index (κ2) is 8.11. The van der Waals surface area contributed by atoms with Gasteiger partial charge in [-0.1, -0.05) is 23.2 Å². The lowest BCUT2D eigenvalue weighted by molar-refractivity contribution is 0.122. The molecule has 0 atom stereocenters. The van der Waals surface area contributed by atoms with Gasteiger partial charge in [0.1, 0.15) is 10.0 Å². The summed E-state index contributed by atoms with van der Waals surface area (Å²) >= 11 is 11.4. The van der Waals surface area contributed by atoms with Crippen molar-refractivity contribution in [2.75, 3.05) is 40.4 Å². The summed E-state index contributed by atoms with van der Waals surface area (Å²) in [6, 6.07) is 1.26. The van der Waals surface area contributed by atoms with Gasteiger partial charge in [-0.3, -0.25) is 0 Å². The lowest BCUT2D eigenvalue weighted by Gasteiger charge is -2.10. The van der Waals surface area contributed by atoms with Crippen LogP contribution >= 0.6 is 23.2 Å². The lowest BCUT2D eigenvalue weighted by atomic mass is 10.5. The Balaban J connectivity index is 2.43. The molecule has 1 aromatic heterocycles. The van der Waals surface area contributed by atoms with E-state index in [9.17, 15) is 8.42 Å². The third kappa shape index (κ3) is 5.90. The molecule has 0 radical (unpaired) electrons. The van der Waals surface area contributed by atoms with Crippen LogP contribution in [0.1, 0.15) is 0 Å². The van der Waals surface area contributed by atoms with Gasteiger partial charge >= 0.3 is 0 Å². The first-order valence-electron chi connectivity index (χ1n) is 5.86. The molecule has 0 aliphatic carbocycles. The minimum atomic E-state index is -3.65. The summed E-state index contributed by atoms with van der Waals surface area (Å²) in [4.78, 5) is 5.65. The van der Waals surface area contributed by atoms with E-state index in [0.29, 0.717) is 13.2 Å². The van der Waals surface area contributed by atoms with E-state index in [0.717, 1.165) is 12.7 Å². The standard InChI is InChI=1S/C11H17Cl2N3O3S/c1-16(2)4-6-19-5-3-15-20(17,18)9-7-10(12)11(13)14-8-9/h7-8,15H,3-6H2,1-2H3. The van der Waals surface area contributed by atoms with Crippen molar-refractivity contribution in [3.8, 4) is 0 Å². The smallest absolute Gasteiger partial charge is 0.242 e. The number of rotatable bonds is 8.